The summed E-state index contributed by atoms with van der Waals surface area (Å²) in [5.41, 5.74) is 0. The Hall–Kier alpha value is -0.0800. The van der Waals surface area contributed by atoms with Gasteiger partial charge in [-0.15, -0.1) is 0 Å². The van der Waals surface area contributed by atoms with E-state index in [0.717, 1.165) is 24.5 Å². The van der Waals surface area contributed by atoms with Gasteiger partial charge in [-0.3, -0.25) is 0 Å². The number of hydrogen-bond acceptors (Lipinski definition) is 2. The van der Waals surface area contributed by atoms with Crippen molar-refractivity contribution in [2.75, 3.05) is 13.2 Å². The Bertz CT molecular complexity index is 205. The molecular weight excluding hydrogens is 198 g/mol. The van der Waals surface area contributed by atoms with Crippen molar-refractivity contribution < 1.29 is 4.74 Å². The van der Waals surface area contributed by atoms with Gasteiger partial charge in [0.1, 0.15) is 0 Å². The minimum atomic E-state index is 0.556. The zero-order chi connectivity index (χ0) is 10.8. The Balaban J connectivity index is 1.34. The molecule has 16 heavy (non-hydrogen) atoms. The van der Waals surface area contributed by atoms with Crippen molar-refractivity contribution in [2.45, 2.75) is 63.5 Å². The fraction of sp³-hybridized carbons (Fsp3) is 1.00. The van der Waals surface area contributed by atoms with E-state index < -0.39 is 0 Å². The van der Waals surface area contributed by atoms with E-state index in [4.69, 9.17) is 4.74 Å². The summed E-state index contributed by atoms with van der Waals surface area (Å²) in [5, 5.41) is 3.81. The summed E-state index contributed by atoms with van der Waals surface area (Å²) >= 11 is 0. The summed E-state index contributed by atoms with van der Waals surface area (Å²) in [4.78, 5) is 0. The van der Waals surface area contributed by atoms with Gasteiger partial charge in [-0.2, -0.15) is 0 Å². The van der Waals surface area contributed by atoms with Gasteiger partial charge in [0.05, 0.1) is 6.10 Å². The van der Waals surface area contributed by atoms with E-state index in [9.17, 15) is 0 Å². The number of rotatable bonds is 6. The Morgan fingerprint density at radius 2 is 1.75 bits per heavy atom. The van der Waals surface area contributed by atoms with Crippen LogP contribution in [0.3, 0.4) is 0 Å². The molecule has 3 aliphatic rings. The van der Waals surface area contributed by atoms with Crippen LogP contribution in [-0.2, 0) is 4.74 Å². The highest BCUT2D eigenvalue weighted by Gasteiger charge is 2.40. The smallest absolute Gasteiger partial charge is 0.0587 e. The zero-order valence-corrected chi connectivity index (χ0v) is 10.3. The van der Waals surface area contributed by atoms with Gasteiger partial charge in [-0.05, 0) is 69.7 Å². The van der Waals surface area contributed by atoms with Gasteiger partial charge in [0, 0.05) is 12.6 Å². The average molecular weight is 223 g/mol. The van der Waals surface area contributed by atoms with Gasteiger partial charge in [0.2, 0.25) is 0 Å². The first-order valence-electron chi connectivity index (χ1n) is 7.28. The van der Waals surface area contributed by atoms with Crippen LogP contribution in [0.2, 0.25) is 0 Å². The van der Waals surface area contributed by atoms with Gasteiger partial charge in [-0.25, -0.2) is 0 Å². The largest absolute Gasteiger partial charge is 0.378 e. The standard InChI is InChI=1S/C14H25NO/c1-2-10-16-13(3-1)8-9-15-14(11-4-5-11)12-6-7-12/h11-15H,1-10H2. The maximum atomic E-state index is 5.77. The fourth-order valence-corrected chi connectivity index (χ4v) is 3.07. The van der Waals surface area contributed by atoms with Crippen LogP contribution in [0.15, 0.2) is 0 Å². The van der Waals surface area contributed by atoms with E-state index >= 15 is 0 Å². The molecule has 1 aliphatic heterocycles. The third kappa shape index (κ3) is 2.98. The summed E-state index contributed by atoms with van der Waals surface area (Å²) in [6.07, 6.45) is 11.6. The Labute approximate surface area is 99.1 Å². The molecule has 0 aromatic rings. The Kier molecular flexibility index (Phi) is 3.49. The molecule has 2 heteroatoms. The second-order valence-electron chi connectivity index (χ2n) is 5.93. The van der Waals surface area contributed by atoms with Crippen LogP contribution in [0.4, 0.5) is 0 Å². The molecule has 1 N–H and O–H groups in total. The first-order chi connectivity index (χ1) is 7.93. The van der Waals surface area contributed by atoms with E-state index in [0.29, 0.717) is 6.10 Å². The van der Waals surface area contributed by atoms with Gasteiger partial charge in [-0.1, -0.05) is 0 Å². The summed E-state index contributed by atoms with van der Waals surface area (Å²) in [5.74, 6) is 2.06. The second-order valence-corrected chi connectivity index (χ2v) is 5.93. The number of nitrogens with one attached hydrogen (secondary N) is 1. The molecule has 1 heterocycles. The first kappa shape index (κ1) is 11.0. The van der Waals surface area contributed by atoms with Crippen LogP contribution in [0.25, 0.3) is 0 Å². The lowest BCUT2D eigenvalue weighted by Gasteiger charge is -2.24. The molecule has 1 unspecified atom stereocenters. The predicted molar refractivity (Wildman–Crippen MR) is 65.4 cm³/mol. The zero-order valence-electron chi connectivity index (χ0n) is 10.3. The number of hydrogen-bond donors (Lipinski definition) is 1. The average Bonchev–Trinajstić information content (AvgIpc) is 3.17. The summed E-state index contributed by atoms with van der Waals surface area (Å²) in [6.45, 7) is 2.18. The molecule has 1 atom stereocenters. The predicted octanol–water partition coefficient (Wildman–Crippen LogP) is 2.72. The van der Waals surface area contributed by atoms with Crippen molar-refractivity contribution in [1.82, 2.24) is 5.32 Å². The van der Waals surface area contributed by atoms with E-state index in [1.54, 1.807) is 0 Å². The van der Waals surface area contributed by atoms with Gasteiger partial charge in [0.15, 0.2) is 0 Å². The van der Waals surface area contributed by atoms with Crippen LogP contribution in [0.5, 0.6) is 0 Å². The Morgan fingerprint density at radius 1 is 1.00 bits per heavy atom. The van der Waals surface area contributed by atoms with Gasteiger partial charge >= 0.3 is 0 Å². The molecule has 2 aliphatic carbocycles. The van der Waals surface area contributed by atoms with Gasteiger partial charge < -0.3 is 10.1 Å². The molecule has 2 nitrogen and oxygen atoms in total. The third-order valence-electron chi connectivity index (χ3n) is 4.38. The van der Waals surface area contributed by atoms with Crippen molar-refractivity contribution in [3.8, 4) is 0 Å². The van der Waals surface area contributed by atoms with E-state index in [2.05, 4.69) is 5.32 Å². The molecule has 0 aromatic heterocycles. The van der Waals surface area contributed by atoms with Gasteiger partial charge in [0.25, 0.3) is 0 Å². The highest BCUT2D eigenvalue weighted by atomic mass is 16.5. The maximum absolute atomic E-state index is 5.77. The topological polar surface area (TPSA) is 21.3 Å². The second kappa shape index (κ2) is 5.05. The third-order valence-corrected chi connectivity index (χ3v) is 4.38. The molecule has 1 saturated heterocycles. The molecule has 0 spiro atoms. The van der Waals surface area contributed by atoms with Crippen molar-refractivity contribution in [3.05, 3.63) is 0 Å². The fourth-order valence-electron chi connectivity index (χ4n) is 3.07. The molecule has 92 valence electrons. The molecule has 2 saturated carbocycles. The van der Waals surface area contributed by atoms with Crippen LogP contribution in [0.1, 0.15) is 51.4 Å². The molecule has 0 aromatic carbocycles. The highest BCUT2D eigenvalue weighted by Crippen LogP contribution is 2.44. The first-order valence-corrected chi connectivity index (χ1v) is 7.28. The lowest BCUT2D eigenvalue weighted by atomic mass is 10.0. The van der Waals surface area contributed by atoms with Crippen molar-refractivity contribution in [3.63, 3.8) is 0 Å². The molecule has 0 amide bonds. The molecule has 3 rings (SSSR count). The normalized spacial score (nSPS) is 30.9. The minimum absolute atomic E-state index is 0.556. The monoisotopic (exact) mass is 223 g/mol. The molecule has 0 radical (unpaired) electrons. The Morgan fingerprint density at radius 3 is 2.31 bits per heavy atom. The lowest BCUT2D eigenvalue weighted by Crippen LogP contribution is -2.35. The van der Waals surface area contributed by atoms with Crippen molar-refractivity contribution in [1.29, 1.82) is 0 Å². The summed E-state index contributed by atoms with van der Waals surface area (Å²) < 4.78 is 5.77. The van der Waals surface area contributed by atoms with E-state index in [-0.39, 0.29) is 0 Å². The lowest BCUT2D eigenvalue weighted by molar-refractivity contribution is 0.0110. The van der Waals surface area contributed by atoms with Crippen molar-refractivity contribution in [2.24, 2.45) is 11.8 Å². The number of ether oxygens (including phenoxy) is 1. The summed E-state index contributed by atoms with van der Waals surface area (Å²) in [7, 11) is 0. The van der Waals surface area contributed by atoms with Crippen molar-refractivity contribution >= 4 is 0 Å². The van der Waals surface area contributed by atoms with E-state index in [1.165, 1.54) is 57.9 Å². The van der Waals surface area contributed by atoms with Crippen LogP contribution < -0.4 is 5.32 Å². The quantitative estimate of drug-likeness (QED) is 0.747. The molecular formula is C14H25NO. The highest BCUT2D eigenvalue weighted by molar-refractivity contribution is 4.96. The SMILES string of the molecule is C1CCC(CCNC(C2CC2)C2CC2)OC1. The molecule has 3 fully saturated rings. The molecule has 0 bridgehead atoms. The van der Waals surface area contributed by atoms with Crippen LogP contribution in [-0.4, -0.2) is 25.3 Å². The summed E-state index contributed by atoms with van der Waals surface area (Å²) in [6, 6.07) is 0.864. The van der Waals surface area contributed by atoms with E-state index in [1.807, 2.05) is 0 Å². The minimum Gasteiger partial charge on any atom is -0.378 e. The van der Waals surface area contributed by atoms with Crippen LogP contribution in [0, 0.1) is 11.8 Å². The van der Waals surface area contributed by atoms with Crippen LogP contribution >= 0.6 is 0 Å². The maximum Gasteiger partial charge on any atom is 0.0587 e.